The first-order valence-corrected chi connectivity index (χ1v) is 5.95. The van der Waals surface area contributed by atoms with Crippen LogP contribution in [0.4, 0.5) is 0 Å². The van der Waals surface area contributed by atoms with Gasteiger partial charge in [0, 0.05) is 5.02 Å². The van der Waals surface area contributed by atoms with Gasteiger partial charge in [-0.25, -0.2) is 0 Å². The molecule has 1 unspecified atom stereocenters. The summed E-state index contributed by atoms with van der Waals surface area (Å²) in [7, 11) is 0. The van der Waals surface area contributed by atoms with Gasteiger partial charge in [-0.05, 0) is 24.6 Å². The van der Waals surface area contributed by atoms with Crippen LogP contribution in [0, 0.1) is 6.92 Å². The Balaban J connectivity index is 2.14. The van der Waals surface area contributed by atoms with E-state index in [0.29, 0.717) is 16.6 Å². The number of halogens is 2. The second-order valence-electron chi connectivity index (χ2n) is 3.83. The molecule has 5 heteroatoms. The summed E-state index contributed by atoms with van der Waals surface area (Å²) in [6.07, 6.45) is 0.952. The zero-order valence-corrected chi connectivity index (χ0v) is 10.8. The molecule has 0 saturated carbocycles. The minimum Gasteiger partial charge on any atom is -0.386 e. The first-order chi connectivity index (χ1) is 8.08. The van der Waals surface area contributed by atoms with E-state index in [2.05, 4.69) is 5.10 Å². The second-order valence-corrected chi connectivity index (χ2v) is 4.67. The minimum atomic E-state index is -0.623. The van der Waals surface area contributed by atoms with Gasteiger partial charge in [0.25, 0.3) is 0 Å². The Morgan fingerprint density at radius 3 is 2.47 bits per heavy atom. The molecule has 1 N–H and O–H groups in total. The lowest BCUT2D eigenvalue weighted by molar-refractivity contribution is 0.150. The van der Waals surface area contributed by atoms with Crippen molar-refractivity contribution in [2.24, 2.45) is 0 Å². The van der Waals surface area contributed by atoms with Crippen LogP contribution in [-0.2, 0) is 6.54 Å². The maximum Gasteiger partial charge on any atom is 0.0986 e. The molecule has 2 aromatic rings. The largest absolute Gasteiger partial charge is 0.386 e. The monoisotopic (exact) mass is 270 g/mol. The van der Waals surface area contributed by atoms with Crippen LogP contribution in [0.15, 0.2) is 30.5 Å². The van der Waals surface area contributed by atoms with E-state index in [1.165, 1.54) is 0 Å². The topological polar surface area (TPSA) is 38.0 Å². The molecule has 3 nitrogen and oxygen atoms in total. The molecule has 0 amide bonds. The highest BCUT2D eigenvalue weighted by atomic mass is 35.5. The van der Waals surface area contributed by atoms with Gasteiger partial charge in [-0.3, -0.25) is 4.68 Å². The highest BCUT2D eigenvalue weighted by Crippen LogP contribution is 2.20. The Morgan fingerprint density at radius 2 is 1.94 bits per heavy atom. The van der Waals surface area contributed by atoms with Crippen molar-refractivity contribution in [1.29, 1.82) is 0 Å². The van der Waals surface area contributed by atoms with Crippen LogP contribution in [0.1, 0.15) is 17.4 Å². The number of nitrogens with zero attached hydrogens (tertiary/aromatic N) is 2. The van der Waals surface area contributed by atoms with Gasteiger partial charge >= 0.3 is 0 Å². The molecule has 90 valence electrons. The number of aliphatic hydroxyl groups is 1. The number of aliphatic hydroxyl groups excluding tert-OH is 1. The average Bonchev–Trinajstić information content (AvgIpc) is 2.62. The summed E-state index contributed by atoms with van der Waals surface area (Å²) in [6.45, 7) is 2.24. The molecular weight excluding hydrogens is 259 g/mol. The standard InChI is InChI=1S/C12H12Cl2N2O/c1-8-11(14)6-15-16(8)7-12(17)9-2-4-10(13)5-3-9/h2-6,12,17H,7H2,1H3. The molecule has 1 atom stereocenters. The Hall–Kier alpha value is -1.03. The maximum absolute atomic E-state index is 10.1. The first-order valence-electron chi connectivity index (χ1n) is 5.19. The first kappa shape index (κ1) is 12.4. The van der Waals surface area contributed by atoms with Gasteiger partial charge in [-0.1, -0.05) is 35.3 Å². The van der Waals surface area contributed by atoms with Gasteiger partial charge < -0.3 is 5.11 Å². The molecule has 0 aliphatic carbocycles. The summed E-state index contributed by atoms with van der Waals surface area (Å²) < 4.78 is 1.68. The summed E-state index contributed by atoms with van der Waals surface area (Å²) >= 11 is 11.7. The third-order valence-electron chi connectivity index (χ3n) is 2.64. The quantitative estimate of drug-likeness (QED) is 0.930. The predicted octanol–water partition coefficient (Wildman–Crippen LogP) is 3.23. The molecule has 2 rings (SSSR count). The minimum absolute atomic E-state index is 0.375. The van der Waals surface area contributed by atoms with Crippen LogP contribution < -0.4 is 0 Å². The van der Waals surface area contributed by atoms with Crippen molar-refractivity contribution < 1.29 is 5.11 Å². The molecule has 0 spiro atoms. The molecule has 0 aliphatic rings. The lowest BCUT2D eigenvalue weighted by Crippen LogP contribution is -2.11. The van der Waals surface area contributed by atoms with Gasteiger partial charge in [0.2, 0.25) is 0 Å². The highest BCUT2D eigenvalue weighted by molar-refractivity contribution is 6.31. The van der Waals surface area contributed by atoms with Crippen LogP contribution in [-0.4, -0.2) is 14.9 Å². The smallest absolute Gasteiger partial charge is 0.0986 e. The fourth-order valence-corrected chi connectivity index (χ4v) is 1.83. The van der Waals surface area contributed by atoms with Crippen molar-refractivity contribution in [2.75, 3.05) is 0 Å². The zero-order chi connectivity index (χ0) is 12.4. The summed E-state index contributed by atoms with van der Waals surface area (Å²) in [4.78, 5) is 0. The average molecular weight is 271 g/mol. The van der Waals surface area contributed by atoms with Crippen molar-refractivity contribution in [1.82, 2.24) is 9.78 Å². The van der Waals surface area contributed by atoms with Gasteiger partial charge in [0.05, 0.1) is 29.6 Å². The number of rotatable bonds is 3. The van der Waals surface area contributed by atoms with Crippen molar-refractivity contribution in [3.05, 3.63) is 51.8 Å². The van der Waals surface area contributed by atoms with Crippen LogP contribution in [0.3, 0.4) is 0 Å². The fourth-order valence-electron chi connectivity index (χ4n) is 1.56. The highest BCUT2D eigenvalue weighted by Gasteiger charge is 2.11. The van der Waals surface area contributed by atoms with Crippen molar-refractivity contribution in [2.45, 2.75) is 19.6 Å². The van der Waals surface area contributed by atoms with Crippen LogP contribution >= 0.6 is 23.2 Å². The van der Waals surface area contributed by atoms with Gasteiger partial charge in [-0.2, -0.15) is 5.10 Å². The summed E-state index contributed by atoms with van der Waals surface area (Å²) in [5.41, 5.74) is 1.65. The van der Waals surface area contributed by atoms with Crippen LogP contribution in [0.2, 0.25) is 10.0 Å². The molecule has 17 heavy (non-hydrogen) atoms. The van der Waals surface area contributed by atoms with E-state index in [4.69, 9.17) is 23.2 Å². The Morgan fingerprint density at radius 1 is 1.29 bits per heavy atom. The fraction of sp³-hybridized carbons (Fsp3) is 0.250. The third kappa shape index (κ3) is 2.80. The molecule has 0 radical (unpaired) electrons. The predicted molar refractivity (Wildman–Crippen MR) is 68.4 cm³/mol. The van der Waals surface area contributed by atoms with E-state index in [0.717, 1.165) is 11.3 Å². The van der Waals surface area contributed by atoms with E-state index in [9.17, 15) is 5.11 Å². The van der Waals surface area contributed by atoms with E-state index < -0.39 is 6.10 Å². The summed E-state index contributed by atoms with van der Waals surface area (Å²) in [5, 5.41) is 15.4. The van der Waals surface area contributed by atoms with Gasteiger partial charge in [0.15, 0.2) is 0 Å². The summed E-state index contributed by atoms with van der Waals surface area (Å²) in [6, 6.07) is 7.10. The van der Waals surface area contributed by atoms with Crippen molar-refractivity contribution in [3.8, 4) is 0 Å². The molecule has 1 aromatic carbocycles. The molecule has 0 fully saturated rings. The normalized spacial score (nSPS) is 12.7. The van der Waals surface area contributed by atoms with E-state index in [1.807, 2.05) is 6.92 Å². The molecule has 1 aromatic heterocycles. The van der Waals surface area contributed by atoms with Crippen molar-refractivity contribution in [3.63, 3.8) is 0 Å². The van der Waals surface area contributed by atoms with E-state index in [1.54, 1.807) is 35.1 Å². The lowest BCUT2D eigenvalue weighted by atomic mass is 10.1. The number of hydrogen-bond acceptors (Lipinski definition) is 2. The number of hydrogen-bond donors (Lipinski definition) is 1. The van der Waals surface area contributed by atoms with Crippen molar-refractivity contribution >= 4 is 23.2 Å². The van der Waals surface area contributed by atoms with E-state index in [-0.39, 0.29) is 0 Å². The number of aromatic nitrogens is 2. The van der Waals surface area contributed by atoms with Gasteiger partial charge in [0.1, 0.15) is 0 Å². The van der Waals surface area contributed by atoms with Gasteiger partial charge in [-0.15, -0.1) is 0 Å². The van der Waals surface area contributed by atoms with Crippen LogP contribution in [0.5, 0.6) is 0 Å². The molecular formula is C12H12Cl2N2O. The molecule has 1 heterocycles. The lowest BCUT2D eigenvalue weighted by Gasteiger charge is -2.12. The Labute approximate surface area is 110 Å². The summed E-state index contributed by atoms with van der Waals surface area (Å²) in [5.74, 6) is 0. The Kier molecular flexibility index (Phi) is 3.72. The SMILES string of the molecule is Cc1c(Cl)cnn1CC(O)c1ccc(Cl)cc1. The number of benzene rings is 1. The molecule has 0 bridgehead atoms. The van der Waals surface area contributed by atoms with Crippen LogP contribution in [0.25, 0.3) is 0 Å². The maximum atomic E-state index is 10.1. The zero-order valence-electron chi connectivity index (χ0n) is 9.27. The Bertz CT molecular complexity index is 508. The third-order valence-corrected chi connectivity index (χ3v) is 3.27. The second kappa shape index (κ2) is 5.08. The molecule has 0 saturated heterocycles. The molecule has 0 aliphatic heterocycles. The van der Waals surface area contributed by atoms with E-state index >= 15 is 0 Å².